The predicted octanol–water partition coefficient (Wildman–Crippen LogP) is 4.38. The molecule has 3 aromatic rings. The number of nitrogens with zero attached hydrogens (tertiary/aromatic N) is 3. The summed E-state index contributed by atoms with van der Waals surface area (Å²) >= 11 is 1.47. The number of fused-ring (bicyclic) bond motifs is 1. The van der Waals surface area contributed by atoms with E-state index >= 15 is 0 Å². The molecule has 3 heterocycles. The van der Waals surface area contributed by atoms with Gasteiger partial charge in [0.15, 0.2) is 6.61 Å². The largest absolute Gasteiger partial charge is 0.467 e. The number of ether oxygens (including phenoxy) is 1. The summed E-state index contributed by atoms with van der Waals surface area (Å²) in [6.45, 7) is 5.83. The first-order valence-electron chi connectivity index (χ1n) is 9.40. The first-order valence-corrected chi connectivity index (χ1v) is 10.3. The van der Waals surface area contributed by atoms with Crippen molar-refractivity contribution in [3.63, 3.8) is 0 Å². The van der Waals surface area contributed by atoms with E-state index in [1.54, 1.807) is 12.1 Å². The molecule has 146 valence electrons. The normalized spacial score (nSPS) is 19.8. The van der Waals surface area contributed by atoms with Gasteiger partial charge in [0, 0.05) is 24.0 Å². The lowest BCUT2D eigenvalue weighted by molar-refractivity contribution is -0.136. The summed E-state index contributed by atoms with van der Waals surface area (Å²) in [4.78, 5) is 23.9. The van der Waals surface area contributed by atoms with Crippen LogP contribution in [-0.4, -0.2) is 40.5 Å². The van der Waals surface area contributed by atoms with E-state index < -0.39 is 0 Å². The molecule has 1 saturated heterocycles. The lowest BCUT2D eigenvalue weighted by Gasteiger charge is -2.34. The predicted molar refractivity (Wildman–Crippen MR) is 108 cm³/mol. The highest BCUT2D eigenvalue weighted by atomic mass is 32.1. The molecule has 1 aliphatic heterocycles. The van der Waals surface area contributed by atoms with Crippen molar-refractivity contribution in [1.82, 2.24) is 14.9 Å². The number of rotatable bonds is 4. The zero-order chi connectivity index (χ0) is 19.7. The van der Waals surface area contributed by atoms with Crippen molar-refractivity contribution in [2.24, 2.45) is 11.8 Å². The first kappa shape index (κ1) is 18.8. The minimum Gasteiger partial charge on any atom is -0.467 e. The average molecular weight is 399 g/mol. The van der Waals surface area contributed by atoms with Crippen molar-refractivity contribution in [3.05, 3.63) is 41.8 Å². The van der Waals surface area contributed by atoms with Crippen LogP contribution in [-0.2, 0) is 4.79 Å². The Bertz CT molecular complexity index is 979. The van der Waals surface area contributed by atoms with Crippen molar-refractivity contribution < 1.29 is 13.9 Å². The highest BCUT2D eigenvalue weighted by Crippen LogP contribution is 2.37. The zero-order valence-corrected chi connectivity index (χ0v) is 16.7. The summed E-state index contributed by atoms with van der Waals surface area (Å²) in [7, 11) is 0. The van der Waals surface area contributed by atoms with Crippen LogP contribution in [0.15, 0.2) is 36.0 Å². The molecule has 7 heteroatoms. The Morgan fingerprint density at radius 2 is 1.93 bits per heavy atom. The van der Waals surface area contributed by atoms with E-state index in [-0.39, 0.29) is 18.3 Å². The molecule has 0 saturated carbocycles. The summed E-state index contributed by atoms with van der Waals surface area (Å²) in [5, 5.41) is 2.71. The molecule has 2 aromatic heterocycles. The van der Waals surface area contributed by atoms with E-state index in [4.69, 9.17) is 4.74 Å². The van der Waals surface area contributed by atoms with Crippen LogP contribution in [0, 0.1) is 17.7 Å². The van der Waals surface area contributed by atoms with Gasteiger partial charge in [0.2, 0.25) is 5.88 Å². The van der Waals surface area contributed by atoms with Crippen LogP contribution in [0.25, 0.3) is 21.3 Å². The molecule has 0 bridgehead atoms. The molecule has 0 spiro atoms. The number of carbonyl (C=O) groups is 1. The Kier molecular flexibility index (Phi) is 5.26. The highest BCUT2D eigenvalue weighted by molar-refractivity contribution is 7.17. The van der Waals surface area contributed by atoms with Gasteiger partial charge in [0.25, 0.3) is 5.91 Å². The third-order valence-electron chi connectivity index (χ3n) is 5.04. The maximum absolute atomic E-state index is 13.3. The molecule has 1 fully saturated rings. The number of benzene rings is 1. The summed E-state index contributed by atoms with van der Waals surface area (Å²) in [5.74, 6) is 1.08. The fraction of sp³-hybridized carbons (Fsp3) is 0.381. The van der Waals surface area contributed by atoms with Gasteiger partial charge in [-0.1, -0.05) is 26.0 Å². The molecular formula is C21H22FN3O2S. The number of thiophene rings is 1. The highest BCUT2D eigenvalue weighted by Gasteiger charge is 2.26. The third kappa shape index (κ3) is 3.85. The van der Waals surface area contributed by atoms with Crippen LogP contribution in [0.5, 0.6) is 5.88 Å². The van der Waals surface area contributed by atoms with E-state index in [0.717, 1.165) is 40.9 Å². The number of hydrogen-bond donors (Lipinski definition) is 0. The minimum absolute atomic E-state index is 0.0243. The van der Waals surface area contributed by atoms with E-state index in [1.807, 2.05) is 10.3 Å². The Morgan fingerprint density at radius 3 is 2.64 bits per heavy atom. The van der Waals surface area contributed by atoms with Crippen LogP contribution >= 0.6 is 11.3 Å². The van der Waals surface area contributed by atoms with Crippen molar-refractivity contribution in [3.8, 4) is 17.0 Å². The summed E-state index contributed by atoms with van der Waals surface area (Å²) < 4.78 is 19.1. The maximum atomic E-state index is 13.3. The number of piperidine rings is 1. The first-order chi connectivity index (χ1) is 13.5. The van der Waals surface area contributed by atoms with Crippen molar-refractivity contribution in [2.75, 3.05) is 19.7 Å². The smallest absolute Gasteiger partial charge is 0.260 e. The Labute approximate surface area is 167 Å². The van der Waals surface area contributed by atoms with Gasteiger partial charge in [-0.3, -0.25) is 4.79 Å². The SMILES string of the molecule is C[C@H]1C[C@H](C)CN(C(=O)COc2ncnc3scc(-c4ccc(F)cc4)c23)C1. The molecule has 5 nitrogen and oxygen atoms in total. The number of halogens is 1. The fourth-order valence-corrected chi connectivity index (χ4v) is 4.79. The number of amides is 1. The lowest BCUT2D eigenvalue weighted by atomic mass is 9.92. The van der Waals surface area contributed by atoms with Gasteiger partial charge in [-0.2, -0.15) is 0 Å². The number of likely N-dealkylation sites (tertiary alicyclic amines) is 1. The van der Waals surface area contributed by atoms with E-state index in [9.17, 15) is 9.18 Å². The second-order valence-corrected chi connectivity index (χ2v) is 8.41. The van der Waals surface area contributed by atoms with Crippen LogP contribution in [0.4, 0.5) is 4.39 Å². The number of carbonyl (C=O) groups excluding carboxylic acids is 1. The Hall–Kier alpha value is -2.54. The van der Waals surface area contributed by atoms with Gasteiger partial charge in [-0.05, 0) is 36.0 Å². The molecule has 28 heavy (non-hydrogen) atoms. The van der Waals surface area contributed by atoms with Crippen molar-refractivity contribution in [2.45, 2.75) is 20.3 Å². The topological polar surface area (TPSA) is 55.3 Å². The standard InChI is InChI=1S/C21H22FN3O2S/c1-13-7-14(2)9-25(8-13)18(26)10-27-20-19-17(11-28-21(19)24-12-23-20)15-3-5-16(22)6-4-15/h3-6,11-14H,7-10H2,1-2H3/t13-,14-/m0/s1. The minimum atomic E-state index is -0.286. The molecule has 1 amide bonds. The lowest BCUT2D eigenvalue weighted by Crippen LogP contribution is -2.44. The number of hydrogen-bond acceptors (Lipinski definition) is 5. The quantitative estimate of drug-likeness (QED) is 0.653. The third-order valence-corrected chi connectivity index (χ3v) is 5.93. The van der Waals surface area contributed by atoms with Crippen LogP contribution in [0.2, 0.25) is 0 Å². The average Bonchev–Trinajstić information content (AvgIpc) is 3.10. The zero-order valence-electron chi connectivity index (χ0n) is 15.9. The maximum Gasteiger partial charge on any atom is 0.260 e. The monoisotopic (exact) mass is 399 g/mol. The van der Waals surface area contributed by atoms with Crippen LogP contribution < -0.4 is 4.74 Å². The van der Waals surface area contributed by atoms with Gasteiger partial charge in [-0.15, -0.1) is 11.3 Å². The molecule has 4 rings (SSSR count). The number of aromatic nitrogens is 2. The van der Waals surface area contributed by atoms with Crippen molar-refractivity contribution in [1.29, 1.82) is 0 Å². The Morgan fingerprint density at radius 1 is 1.21 bits per heavy atom. The van der Waals surface area contributed by atoms with Gasteiger partial charge < -0.3 is 9.64 Å². The van der Waals surface area contributed by atoms with Gasteiger partial charge in [0.05, 0.1) is 5.39 Å². The van der Waals surface area contributed by atoms with Crippen LogP contribution in [0.3, 0.4) is 0 Å². The molecule has 1 aromatic carbocycles. The molecule has 0 unspecified atom stereocenters. The second-order valence-electron chi connectivity index (χ2n) is 7.55. The van der Waals surface area contributed by atoms with E-state index in [1.165, 1.54) is 29.8 Å². The second kappa shape index (κ2) is 7.83. The molecule has 2 atom stereocenters. The van der Waals surface area contributed by atoms with Crippen molar-refractivity contribution >= 4 is 27.5 Å². The molecule has 1 aliphatic rings. The summed E-state index contributed by atoms with van der Waals surface area (Å²) in [6, 6.07) is 6.28. The van der Waals surface area contributed by atoms with Crippen LogP contribution in [0.1, 0.15) is 20.3 Å². The summed E-state index contributed by atoms with van der Waals surface area (Å²) in [5.41, 5.74) is 1.74. The molecular weight excluding hydrogens is 377 g/mol. The van der Waals surface area contributed by atoms with E-state index in [2.05, 4.69) is 23.8 Å². The van der Waals surface area contributed by atoms with Gasteiger partial charge in [0.1, 0.15) is 17.0 Å². The van der Waals surface area contributed by atoms with Gasteiger partial charge in [-0.25, -0.2) is 14.4 Å². The molecule has 0 radical (unpaired) electrons. The molecule has 0 N–H and O–H groups in total. The summed E-state index contributed by atoms with van der Waals surface area (Å²) in [6.07, 6.45) is 2.59. The Balaban J connectivity index is 1.56. The fourth-order valence-electron chi connectivity index (χ4n) is 3.89. The molecule has 0 aliphatic carbocycles. The van der Waals surface area contributed by atoms with Gasteiger partial charge >= 0.3 is 0 Å². The van der Waals surface area contributed by atoms with E-state index in [0.29, 0.717) is 17.7 Å².